The van der Waals surface area contributed by atoms with E-state index in [-0.39, 0.29) is 0 Å². The van der Waals surface area contributed by atoms with Gasteiger partial charge in [-0.25, -0.2) is 0 Å². The van der Waals surface area contributed by atoms with Gasteiger partial charge >= 0.3 is 0 Å². The predicted molar refractivity (Wildman–Crippen MR) is 86.2 cm³/mol. The fraction of sp³-hybridized carbons (Fsp3) is 1.00. The van der Waals surface area contributed by atoms with Gasteiger partial charge in [0.25, 0.3) is 0 Å². The first kappa shape index (κ1) is 15.3. The molecule has 16 heavy (non-hydrogen) atoms. The van der Waals surface area contributed by atoms with E-state index in [4.69, 9.17) is 0 Å². The predicted octanol–water partition coefficient (Wildman–Crippen LogP) is 4.90. The quantitative estimate of drug-likeness (QED) is 0.644. The van der Waals surface area contributed by atoms with Gasteiger partial charge in [0.1, 0.15) is 0 Å². The van der Waals surface area contributed by atoms with Gasteiger partial charge < -0.3 is 0 Å². The molecule has 1 rings (SSSR count). The molecule has 0 radical (unpaired) electrons. The SMILES string of the molecule is CCP1CCCP(CC)CCP(CC)CC1. The van der Waals surface area contributed by atoms with Crippen molar-refractivity contribution in [1.82, 2.24) is 0 Å². The second-order valence-electron chi connectivity index (χ2n) is 4.66. The molecule has 1 saturated heterocycles. The Morgan fingerprint density at radius 1 is 0.562 bits per heavy atom. The largest absolute Gasteiger partial charge is 0.107 e. The summed E-state index contributed by atoms with van der Waals surface area (Å²) < 4.78 is 0. The van der Waals surface area contributed by atoms with Crippen molar-refractivity contribution in [2.75, 3.05) is 55.5 Å². The van der Waals surface area contributed by atoms with Gasteiger partial charge in [0.05, 0.1) is 0 Å². The van der Waals surface area contributed by atoms with Crippen LogP contribution in [0.4, 0.5) is 0 Å². The molecule has 0 bridgehead atoms. The molecule has 1 fully saturated rings. The molecule has 1 aliphatic rings. The zero-order valence-electron chi connectivity index (χ0n) is 11.4. The fourth-order valence-corrected chi connectivity index (χ4v) is 10.9. The summed E-state index contributed by atoms with van der Waals surface area (Å²) in [5, 5.41) is 0. The number of rotatable bonds is 3. The average Bonchev–Trinajstić information content (AvgIpc) is 2.34. The molecule has 1 heterocycles. The first-order chi connectivity index (χ1) is 7.80. The lowest BCUT2D eigenvalue weighted by atomic mass is 10.6. The normalized spacial score (nSPS) is 33.6. The van der Waals surface area contributed by atoms with Crippen LogP contribution in [0.25, 0.3) is 0 Å². The molecule has 0 aromatic carbocycles. The van der Waals surface area contributed by atoms with Crippen LogP contribution in [-0.2, 0) is 0 Å². The summed E-state index contributed by atoms with van der Waals surface area (Å²) in [5.41, 5.74) is 0. The van der Waals surface area contributed by atoms with Crippen molar-refractivity contribution in [2.45, 2.75) is 27.2 Å². The molecule has 0 amide bonds. The third-order valence-electron chi connectivity index (χ3n) is 3.76. The van der Waals surface area contributed by atoms with Gasteiger partial charge in [-0.15, -0.1) is 23.8 Å². The van der Waals surface area contributed by atoms with Crippen LogP contribution >= 0.6 is 23.8 Å². The lowest BCUT2D eigenvalue weighted by Crippen LogP contribution is -2.07. The second-order valence-corrected chi connectivity index (χ2v) is 13.3. The van der Waals surface area contributed by atoms with Gasteiger partial charge in [0, 0.05) is 0 Å². The van der Waals surface area contributed by atoms with Crippen molar-refractivity contribution in [3.63, 3.8) is 0 Å². The van der Waals surface area contributed by atoms with E-state index in [1.807, 2.05) is 0 Å². The summed E-state index contributed by atoms with van der Waals surface area (Å²) in [6.07, 6.45) is 15.7. The smallest absolute Gasteiger partial charge is 0.0286 e. The highest BCUT2D eigenvalue weighted by atomic mass is 31.1. The van der Waals surface area contributed by atoms with Crippen LogP contribution in [0.3, 0.4) is 0 Å². The van der Waals surface area contributed by atoms with Crippen LogP contribution in [0.15, 0.2) is 0 Å². The average molecular weight is 278 g/mol. The highest BCUT2D eigenvalue weighted by Gasteiger charge is 2.15. The van der Waals surface area contributed by atoms with E-state index in [1.165, 1.54) is 18.5 Å². The zero-order chi connectivity index (χ0) is 11.8. The maximum atomic E-state index is 2.43. The molecule has 0 aromatic rings. The molecule has 0 nitrogen and oxygen atoms in total. The van der Waals surface area contributed by atoms with Crippen LogP contribution in [0, 0.1) is 0 Å². The van der Waals surface area contributed by atoms with Crippen LogP contribution in [-0.4, -0.2) is 55.5 Å². The Labute approximate surface area is 107 Å². The monoisotopic (exact) mass is 278 g/mol. The van der Waals surface area contributed by atoms with E-state index in [2.05, 4.69) is 20.8 Å². The van der Waals surface area contributed by atoms with Gasteiger partial charge in [0.15, 0.2) is 0 Å². The summed E-state index contributed by atoms with van der Waals surface area (Å²) in [5.74, 6) is 0. The Balaban J connectivity index is 2.45. The maximum absolute atomic E-state index is 2.43. The fourth-order valence-electron chi connectivity index (χ4n) is 2.37. The zero-order valence-corrected chi connectivity index (χ0v) is 14.1. The Kier molecular flexibility index (Phi) is 8.87. The molecule has 3 heteroatoms. The molecule has 2 unspecified atom stereocenters. The minimum atomic E-state index is 0.426. The van der Waals surface area contributed by atoms with Gasteiger partial charge in [-0.05, 0) is 61.9 Å². The van der Waals surface area contributed by atoms with E-state index in [1.54, 1.807) is 43.4 Å². The Morgan fingerprint density at radius 3 is 1.19 bits per heavy atom. The summed E-state index contributed by atoms with van der Waals surface area (Å²) in [6.45, 7) is 7.28. The van der Waals surface area contributed by atoms with Gasteiger partial charge in [-0.2, -0.15) is 0 Å². The molecule has 2 atom stereocenters. The third-order valence-corrected chi connectivity index (χ3v) is 12.5. The van der Waals surface area contributed by atoms with E-state index in [0.29, 0.717) is 23.8 Å². The highest BCUT2D eigenvalue weighted by Crippen LogP contribution is 2.48. The van der Waals surface area contributed by atoms with Crippen molar-refractivity contribution in [3.8, 4) is 0 Å². The summed E-state index contributed by atoms with van der Waals surface area (Å²) in [7, 11) is 1.28. The minimum Gasteiger partial charge on any atom is -0.107 e. The molecule has 0 spiro atoms. The van der Waals surface area contributed by atoms with Gasteiger partial charge in [0.2, 0.25) is 0 Å². The first-order valence-corrected chi connectivity index (χ1v) is 12.7. The Morgan fingerprint density at radius 2 is 0.875 bits per heavy atom. The van der Waals surface area contributed by atoms with E-state index in [0.717, 1.165) is 0 Å². The molecule has 0 aliphatic carbocycles. The molecule has 0 aromatic heterocycles. The topological polar surface area (TPSA) is 0 Å². The lowest BCUT2D eigenvalue weighted by molar-refractivity contribution is 1.08. The molecular weight excluding hydrogens is 249 g/mol. The van der Waals surface area contributed by atoms with Gasteiger partial charge in [-0.3, -0.25) is 0 Å². The van der Waals surface area contributed by atoms with Crippen LogP contribution < -0.4 is 0 Å². The Hall–Kier alpha value is 1.29. The van der Waals surface area contributed by atoms with E-state index in [9.17, 15) is 0 Å². The van der Waals surface area contributed by atoms with Crippen molar-refractivity contribution in [3.05, 3.63) is 0 Å². The Bertz CT molecular complexity index is 157. The van der Waals surface area contributed by atoms with Crippen molar-refractivity contribution in [1.29, 1.82) is 0 Å². The third kappa shape index (κ3) is 5.76. The van der Waals surface area contributed by atoms with Crippen molar-refractivity contribution in [2.24, 2.45) is 0 Å². The summed E-state index contributed by atoms with van der Waals surface area (Å²) in [4.78, 5) is 0. The highest BCUT2D eigenvalue weighted by molar-refractivity contribution is 7.63. The maximum Gasteiger partial charge on any atom is -0.0286 e. The van der Waals surface area contributed by atoms with Crippen LogP contribution in [0.2, 0.25) is 0 Å². The van der Waals surface area contributed by atoms with Crippen molar-refractivity contribution >= 4 is 23.8 Å². The van der Waals surface area contributed by atoms with Crippen LogP contribution in [0.1, 0.15) is 27.2 Å². The van der Waals surface area contributed by atoms with Gasteiger partial charge in [-0.1, -0.05) is 20.8 Å². The van der Waals surface area contributed by atoms with E-state index >= 15 is 0 Å². The summed E-state index contributed by atoms with van der Waals surface area (Å²) >= 11 is 0. The van der Waals surface area contributed by atoms with E-state index < -0.39 is 0 Å². The molecule has 96 valence electrons. The molecule has 0 saturated carbocycles. The molecule has 0 N–H and O–H groups in total. The molecular formula is C13H29P3. The van der Waals surface area contributed by atoms with Crippen LogP contribution in [0.5, 0.6) is 0 Å². The standard InChI is InChI=1S/C13H29P3/c1-4-14-8-7-9-15(5-2)11-13-16(6-3)12-10-14/h4-13H2,1-3H3. The second kappa shape index (κ2) is 9.25. The minimum absolute atomic E-state index is 0.426. The first-order valence-electron chi connectivity index (χ1n) is 6.97. The number of hydrogen-bond acceptors (Lipinski definition) is 0. The molecule has 1 aliphatic heterocycles. The number of hydrogen-bond donors (Lipinski definition) is 0. The lowest BCUT2D eigenvalue weighted by Gasteiger charge is -2.26. The summed E-state index contributed by atoms with van der Waals surface area (Å²) in [6, 6.07) is 0. The van der Waals surface area contributed by atoms with Crippen molar-refractivity contribution < 1.29 is 0 Å².